The lowest BCUT2D eigenvalue weighted by Gasteiger charge is -2.21. The van der Waals surface area contributed by atoms with Gasteiger partial charge in [-0.1, -0.05) is 6.92 Å². The van der Waals surface area contributed by atoms with Crippen molar-refractivity contribution < 1.29 is 14.6 Å². The number of ether oxygens (including phenoxy) is 2. The van der Waals surface area contributed by atoms with Crippen molar-refractivity contribution in [1.82, 2.24) is 0 Å². The fourth-order valence-electron chi connectivity index (χ4n) is 1.41. The van der Waals surface area contributed by atoms with E-state index in [9.17, 15) is 5.11 Å². The Bertz CT molecular complexity index is 133. The summed E-state index contributed by atoms with van der Waals surface area (Å²) in [4.78, 5) is 0. The summed E-state index contributed by atoms with van der Waals surface area (Å²) in [6.45, 7) is 6.03. The fraction of sp³-hybridized carbons (Fsp3) is 1.00. The van der Waals surface area contributed by atoms with Gasteiger partial charge in [0.05, 0.1) is 12.7 Å². The second kappa shape index (κ2) is 8.27. The van der Waals surface area contributed by atoms with Crippen LogP contribution in [0.15, 0.2) is 0 Å². The van der Waals surface area contributed by atoms with E-state index >= 15 is 0 Å². The van der Waals surface area contributed by atoms with Crippen LogP contribution in [0, 0.1) is 5.92 Å². The summed E-state index contributed by atoms with van der Waals surface area (Å²) < 4.78 is 10.3. The van der Waals surface area contributed by atoms with E-state index in [-0.39, 0.29) is 12.0 Å². The zero-order valence-electron chi connectivity index (χ0n) is 9.82. The van der Waals surface area contributed by atoms with Crippen molar-refractivity contribution in [3.05, 3.63) is 0 Å². The molecule has 0 aromatic rings. The molecule has 0 amide bonds. The minimum Gasteiger partial charge on any atom is -0.393 e. The predicted octanol–water partition coefficient (Wildman–Crippen LogP) is 0.478. The standard InChI is InChI=1S/C10H23BO3/c1-4-14-6-8(2)10(12)5-9(11)7-13-3/h8-10,12H,4-7,11H2,1-3H3/t8?,9-,10?/m1/s1. The van der Waals surface area contributed by atoms with Crippen LogP contribution in [0.25, 0.3) is 0 Å². The molecule has 14 heavy (non-hydrogen) atoms. The van der Waals surface area contributed by atoms with Gasteiger partial charge in [-0.3, -0.25) is 0 Å². The number of methoxy groups -OCH3 is 1. The zero-order chi connectivity index (χ0) is 11.0. The van der Waals surface area contributed by atoms with Gasteiger partial charge in [0.15, 0.2) is 0 Å². The van der Waals surface area contributed by atoms with Crippen LogP contribution in [-0.2, 0) is 9.47 Å². The Labute approximate surface area is 88.2 Å². The molecule has 0 radical (unpaired) electrons. The molecule has 2 unspecified atom stereocenters. The molecular formula is C10H23BO3. The van der Waals surface area contributed by atoms with E-state index in [0.717, 1.165) is 6.42 Å². The smallest absolute Gasteiger partial charge is 0.108 e. The van der Waals surface area contributed by atoms with Crippen LogP contribution >= 0.6 is 0 Å². The van der Waals surface area contributed by atoms with Crippen molar-refractivity contribution in [1.29, 1.82) is 0 Å². The van der Waals surface area contributed by atoms with Crippen molar-refractivity contribution >= 4 is 7.85 Å². The first-order valence-electron chi connectivity index (χ1n) is 5.36. The van der Waals surface area contributed by atoms with Crippen LogP contribution < -0.4 is 0 Å². The van der Waals surface area contributed by atoms with E-state index in [1.54, 1.807) is 7.11 Å². The zero-order valence-corrected chi connectivity index (χ0v) is 9.82. The molecule has 4 heteroatoms. The lowest BCUT2D eigenvalue weighted by atomic mass is 9.81. The first kappa shape index (κ1) is 13.9. The number of aliphatic hydroxyl groups excluding tert-OH is 1. The van der Waals surface area contributed by atoms with Crippen molar-refractivity contribution in [2.75, 3.05) is 26.9 Å². The maximum absolute atomic E-state index is 9.81. The highest BCUT2D eigenvalue weighted by atomic mass is 16.5. The van der Waals surface area contributed by atoms with Gasteiger partial charge in [-0.2, -0.15) is 0 Å². The highest BCUT2D eigenvalue weighted by molar-refractivity contribution is 6.11. The number of rotatable bonds is 8. The van der Waals surface area contributed by atoms with E-state index in [4.69, 9.17) is 9.47 Å². The van der Waals surface area contributed by atoms with Crippen LogP contribution in [0.2, 0.25) is 5.82 Å². The molecule has 0 rings (SSSR count). The van der Waals surface area contributed by atoms with E-state index in [1.165, 1.54) is 0 Å². The molecule has 0 aliphatic rings. The monoisotopic (exact) mass is 202 g/mol. The van der Waals surface area contributed by atoms with Gasteiger partial charge in [-0.05, 0) is 19.2 Å². The van der Waals surface area contributed by atoms with Crippen LogP contribution in [0.4, 0.5) is 0 Å². The van der Waals surface area contributed by atoms with Gasteiger partial charge in [0.1, 0.15) is 7.85 Å². The topological polar surface area (TPSA) is 38.7 Å². The van der Waals surface area contributed by atoms with E-state index in [0.29, 0.717) is 25.6 Å². The summed E-state index contributed by atoms with van der Waals surface area (Å²) in [5.74, 6) is 0.605. The number of hydrogen-bond donors (Lipinski definition) is 1. The molecular weight excluding hydrogens is 179 g/mol. The molecule has 84 valence electrons. The summed E-state index contributed by atoms with van der Waals surface area (Å²) >= 11 is 0. The van der Waals surface area contributed by atoms with E-state index in [1.807, 2.05) is 13.8 Å². The normalized spacial score (nSPS) is 17.7. The molecule has 3 nitrogen and oxygen atoms in total. The Hall–Kier alpha value is -0.0551. The second-order valence-electron chi connectivity index (χ2n) is 4.00. The fourth-order valence-corrected chi connectivity index (χ4v) is 1.41. The summed E-state index contributed by atoms with van der Waals surface area (Å²) in [5.41, 5.74) is 0. The third kappa shape index (κ3) is 6.41. The molecule has 0 heterocycles. The summed E-state index contributed by atoms with van der Waals surface area (Å²) in [6, 6.07) is 0. The van der Waals surface area contributed by atoms with Crippen LogP contribution in [0.1, 0.15) is 20.3 Å². The Morgan fingerprint density at radius 2 is 2.00 bits per heavy atom. The molecule has 0 aliphatic heterocycles. The number of hydrogen-bond acceptors (Lipinski definition) is 3. The van der Waals surface area contributed by atoms with Crippen molar-refractivity contribution in [2.24, 2.45) is 5.92 Å². The average molecular weight is 202 g/mol. The predicted molar refractivity (Wildman–Crippen MR) is 60.5 cm³/mol. The maximum atomic E-state index is 9.81. The highest BCUT2D eigenvalue weighted by Gasteiger charge is 2.17. The minimum absolute atomic E-state index is 0.203. The first-order valence-corrected chi connectivity index (χ1v) is 5.36. The molecule has 0 saturated carbocycles. The molecule has 0 fully saturated rings. The quantitative estimate of drug-likeness (QED) is 0.582. The van der Waals surface area contributed by atoms with Gasteiger partial charge in [0.2, 0.25) is 0 Å². The molecule has 0 aromatic carbocycles. The largest absolute Gasteiger partial charge is 0.393 e. The molecule has 0 aliphatic carbocycles. The second-order valence-corrected chi connectivity index (χ2v) is 4.00. The van der Waals surface area contributed by atoms with Crippen molar-refractivity contribution in [3.8, 4) is 0 Å². The van der Waals surface area contributed by atoms with Crippen LogP contribution in [0.3, 0.4) is 0 Å². The lowest BCUT2D eigenvalue weighted by Crippen LogP contribution is -2.24. The van der Waals surface area contributed by atoms with Crippen molar-refractivity contribution in [2.45, 2.75) is 32.2 Å². The molecule has 0 spiro atoms. The average Bonchev–Trinajstić information content (AvgIpc) is 2.14. The summed E-state index contributed by atoms with van der Waals surface area (Å²) in [5, 5.41) is 9.81. The third-order valence-corrected chi connectivity index (χ3v) is 2.34. The number of aliphatic hydroxyl groups is 1. The van der Waals surface area contributed by atoms with E-state index < -0.39 is 0 Å². The SMILES string of the molecule is B[C@@H](COC)CC(O)C(C)COCC. The van der Waals surface area contributed by atoms with Gasteiger partial charge >= 0.3 is 0 Å². The van der Waals surface area contributed by atoms with Gasteiger partial charge < -0.3 is 14.6 Å². The van der Waals surface area contributed by atoms with E-state index in [2.05, 4.69) is 7.85 Å². The Morgan fingerprint density at radius 3 is 2.50 bits per heavy atom. The molecule has 1 N–H and O–H groups in total. The summed E-state index contributed by atoms with van der Waals surface area (Å²) in [6.07, 6.45) is 0.494. The summed E-state index contributed by atoms with van der Waals surface area (Å²) in [7, 11) is 3.77. The maximum Gasteiger partial charge on any atom is 0.108 e. The highest BCUT2D eigenvalue weighted by Crippen LogP contribution is 2.16. The molecule has 3 atom stereocenters. The van der Waals surface area contributed by atoms with Crippen molar-refractivity contribution in [3.63, 3.8) is 0 Å². The van der Waals surface area contributed by atoms with Gasteiger partial charge in [-0.15, -0.1) is 0 Å². The molecule has 0 aromatic heterocycles. The van der Waals surface area contributed by atoms with Crippen LogP contribution in [-0.4, -0.2) is 46.0 Å². The Balaban J connectivity index is 3.64. The third-order valence-electron chi connectivity index (χ3n) is 2.34. The molecule has 0 saturated heterocycles. The molecule has 0 bridgehead atoms. The Kier molecular flexibility index (Phi) is 8.24. The first-order chi connectivity index (χ1) is 6.61. The van der Waals surface area contributed by atoms with Gasteiger partial charge in [0, 0.05) is 26.2 Å². The minimum atomic E-state index is -0.285. The lowest BCUT2D eigenvalue weighted by molar-refractivity contribution is 0.0319. The Morgan fingerprint density at radius 1 is 1.36 bits per heavy atom. The van der Waals surface area contributed by atoms with Crippen LogP contribution in [0.5, 0.6) is 0 Å². The van der Waals surface area contributed by atoms with Gasteiger partial charge in [-0.25, -0.2) is 0 Å². The van der Waals surface area contributed by atoms with Gasteiger partial charge in [0.25, 0.3) is 0 Å².